The van der Waals surface area contributed by atoms with Gasteiger partial charge in [0.15, 0.2) is 0 Å². The number of amides is 1. The van der Waals surface area contributed by atoms with Gasteiger partial charge in [-0.2, -0.15) is 0 Å². The Balaban J connectivity index is 1.55. The molecule has 0 aromatic heterocycles. The first-order chi connectivity index (χ1) is 8.54. The van der Waals surface area contributed by atoms with Crippen LogP contribution in [-0.4, -0.2) is 70.9 Å². The molecule has 1 amide bonds. The molecule has 0 unspecified atom stereocenters. The summed E-state index contributed by atoms with van der Waals surface area (Å²) in [5.41, 5.74) is 0.116. The number of aliphatic hydroxyl groups excluding tert-OH is 2. The molecule has 0 radical (unpaired) electrons. The number of carbonyl (C=O) groups excluding carboxylic acids is 1. The standard InChI is InChI=1S/C13H22N2O3/c1-14-5-9(6-16)4-13(14)7-15(8-13)12(18)10-2-11(17)3-10/h9-11,16-17H,2-8H2,1H3/t9-,10?,11?/m0/s1. The molecule has 2 saturated heterocycles. The fourth-order valence-corrected chi connectivity index (χ4v) is 3.70. The summed E-state index contributed by atoms with van der Waals surface area (Å²) in [5.74, 6) is 0.627. The normalized spacial score (nSPS) is 38.6. The molecule has 1 aliphatic carbocycles. The fourth-order valence-electron chi connectivity index (χ4n) is 3.70. The Kier molecular flexibility index (Phi) is 2.88. The summed E-state index contributed by atoms with van der Waals surface area (Å²) in [5, 5.41) is 18.5. The maximum Gasteiger partial charge on any atom is 0.226 e. The van der Waals surface area contributed by atoms with Crippen molar-refractivity contribution in [2.24, 2.45) is 11.8 Å². The number of likely N-dealkylation sites (tertiary alicyclic amines) is 2. The average molecular weight is 254 g/mol. The number of carbonyl (C=O) groups is 1. The van der Waals surface area contributed by atoms with Gasteiger partial charge in [-0.25, -0.2) is 0 Å². The van der Waals surface area contributed by atoms with E-state index in [0.29, 0.717) is 18.8 Å². The van der Waals surface area contributed by atoms with Gasteiger partial charge in [0.1, 0.15) is 0 Å². The number of likely N-dealkylation sites (N-methyl/N-ethyl adjacent to an activating group) is 1. The summed E-state index contributed by atoms with van der Waals surface area (Å²) in [6, 6.07) is 0. The molecule has 18 heavy (non-hydrogen) atoms. The second kappa shape index (κ2) is 4.18. The molecular weight excluding hydrogens is 232 g/mol. The molecule has 0 aromatic carbocycles. The third-order valence-corrected chi connectivity index (χ3v) is 5.01. The smallest absolute Gasteiger partial charge is 0.226 e. The van der Waals surface area contributed by atoms with Crippen molar-refractivity contribution in [3.05, 3.63) is 0 Å². The predicted octanol–water partition coefficient (Wildman–Crippen LogP) is -0.718. The molecular formula is C13H22N2O3. The average Bonchev–Trinajstić information content (AvgIpc) is 2.59. The Morgan fingerprint density at radius 3 is 2.56 bits per heavy atom. The Morgan fingerprint density at radius 1 is 1.39 bits per heavy atom. The third-order valence-electron chi connectivity index (χ3n) is 5.01. The summed E-state index contributed by atoms with van der Waals surface area (Å²) in [7, 11) is 2.09. The van der Waals surface area contributed by atoms with Crippen molar-refractivity contribution in [3.8, 4) is 0 Å². The van der Waals surface area contributed by atoms with Crippen LogP contribution < -0.4 is 0 Å². The number of nitrogens with zero attached hydrogens (tertiary/aromatic N) is 2. The Hall–Kier alpha value is -0.650. The number of rotatable bonds is 2. The zero-order valence-corrected chi connectivity index (χ0v) is 10.9. The maximum atomic E-state index is 12.1. The summed E-state index contributed by atoms with van der Waals surface area (Å²) in [6.45, 7) is 2.77. The SMILES string of the molecule is CN1C[C@@H](CO)CC12CN(C(=O)C1CC(O)C1)C2. The first kappa shape index (κ1) is 12.4. The highest BCUT2D eigenvalue weighted by Crippen LogP contribution is 2.41. The minimum absolute atomic E-state index is 0.0534. The highest BCUT2D eigenvalue weighted by molar-refractivity contribution is 5.81. The Labute approximate surface area is 107 Å². The van der Waals surface area contributed by atoms with E-state index < -0.39 is 0 Å². The van der Waals surface area contributed by atoms with E-state index in [9.17, 15) is 15.0 Å². The predicted molar refractivity (Wildman–Crippen MR) is 65.9 cm³/mol. The molecule has 1 atom stereocenters. The molecule has 102 valence electrons. The largest absolute Gasteiger partial charge is 0.396 e. The van der Waals surface area contributed by atoms with Crippen molar-refractivity contribution in [3.63, 3.8) is 0 Å². The van der Waals surface area contributed by atoms with Crippen molar-refractivity contribution >= 4 is 5.91 Å². The van der Waals surface area contributed by atoms with E-state index in [2.05, 4.69) is 11.9 Å². The van der Waals surface area contributed by atoms with Gasteiger partial charge in [0.05, 0.1) is 11.6 Å². The minimum Gasteiger partial charge on any atom is -0.396 e. The van der Waals surface area contributed by atoms with Crippen molar-refractivity contribution < 1.29 is 15.0 Å². The second-order valence-corrected chi connectivity index (χ2v) is 6.37. The molecule has 5 heteroatoms. The van der Waals surface area contributed by atoms with Gasteiger partial charge in [-0.1, -0.05) is 0 Å². The van der Waals surface area contributed by atoms with Gasteiger partial charge in [0, 0.05) is 32.2 Å². The van der Waals surface area contributed by atoms with Crippen molar-refractivity contribution in [2.45, 2.75) is 30.9 Å². The lowest BCUT2D eigenvalue weighted by Crippen LogP contribution is -2.69. The van der Waals surface area contributed by atoms with Crippen molar-refractivity contribution in [2.75, 3.05) is 33.3 Å². The maximum absolute atomic E-state index is 12.1. The zero-order chi connectivity index (χ0) is 12.9. The van der Waals surface area contributed by atoms with E-state index in [4.69, 9.17) is 0 Å². The van der Waals surface area contributed by atoms with Crippen LogP contribution in [0.5, 0.6) is 0 Å². The van der Waals surface area contributed by atoms with E-state index in [1.807, 2.05) is 4.90 Å². The minimum atomic E-state index is -0.262. The summed E-state index contributed by atoms with van der Waals surface area (Å²) in [6.07, 6.45) is 2.01. The number of aliphatic hydroxyl groups is 2. The lowest BCUT2D eigenvalue weighted by molar-refractivity contribution is -0.154. The van der Waals surface area contributed by atoms with Crippen LogP contribution in [0.25, 0.3) is 0 Å². The van der Waals surface area contributed by atoms with Gasteiger partial charge in [-0.15, -0.1) is 0 Å². The van der Waals surface area contributed by atoms with Gasteiger partial charge < -0.3 is 15.1 Å². The number of hydrogen-bond acceptors (Lipinski definition) is 4. The molecule has 2 N–H and O–H groups in total. The van der Waals surface area contributed by atoms with Gasteiger partial charge in [-0.05, 0) is 32.2 Å². The summed E-state index contributed by atoms with van der Waals surface area (Å²) >= 11 is 0. The molecule has 2 heterocycles. The molecule has 1 spiro atoms. The topological polar surface area (TPSA) is 64.0 Å². The highest BCUT2D eigenvalue weighted by atomic mass is 16.3. The van der Waals surface area contributed by atoms with Crippen LogP contribution in [0.4, 0.5) is 0 Å². The first-order valence-electron chi connectivity index (χ1n) is 6.83. The molecule has 1 saturated carbocycles. The van der Waals surface area contributed by atoms with Crippen LogP contribution in [0.1, 0.15) is 19.3 Å². The first-order valence-corrected chi connectivity index (χ1v) is 6.83. The van der Waals surface area contributed by atoms with Gasteiger partial charge in [-0.3, -0.25) is 9.69 Å². The lowest BCUT2D eigenvalue weighted by Gasteiger charge is -2.53. The number of hydrogen-bond donors (Lipinski definition) is 2. The van der Waals surface area contributed by atoms with Gasteiger partial charge in [0.25, 0.3) is 0 Å². The lowest BCUT2D eigenvalue weighted by atomic mass is 9.78. The molecule has 0 bridgehead atoms. The van der Waals surface area contributed by atoms with Crippen LogP contribution >= 0.6 is 0 Å². The van der Waals surface area contributed by atoms with E-state index >= 15 is 0 Å². The van der Waals surface area contributed by atoms with E-state index in [1.54, 1.807) is 0 Å². The monoisotopic (exact) mass is 254 g/mol. The molecule has 3 aliphatic rings. The van der Waals surface area contributed by atoms with Gasteiger partial charge in [0.2, 0.25) is 5.91 Å². The van der Waals surface area contributed by atoms with E-state index in [1.165, 1.54) is 0 Å². The fraction of sp³-hybridized carbons (Fsp3) is 0.923. The molecule has 3 fully saturated rings. The van der Waals surface area contributed by atoms with Crippen LogP contribution in [0.2, 0.25) is 0 Å². The molecule has 5 nitrogen and oxygen atoms in total. The molecule has 3 rings (SSSR count). The van der Waals surface area contributed by atoms with E-state index in [-0.39, 0.29) is 30.1 Å². The Morgan fingerprint density at radius 2 is 2.06 bits per heavy atom. The molecule has 0 aromatic rings. The molecule has 2 aliphatic heterocycles. The zero-order valence-electron chi connectivity index (χ0n) is 10.9. The quantitative estimate of drug-likeness (QED) is 0.683. The van der Waals surface area contributed by atoms with Crippen LogP contribution in [-0.2, 0) is 4.79 Å². The Bertz CT molecular complexity index is 348. The van der Waals surface area contributed by atoms with E-state index in [0.717, 1.165) is 26.1 Å². The second-order valence-electron chi connectivity index (χ2n) is 6.37. The highest BCUT2D eigenvalue weighted by Gasteiger charge is 2.54. The van der Waals surface area contributed by atoms with Gasteiger partial charge >= 0.3 is 0 Å². The summed E-state index contributed by atoms with van der Waals surface area (Å²) in [4.78, 5) is 16.3. The van der Waals surface area contributed by atoms with Crippen molar-refractivity contribution in [1.29, 1.82) is 0 Å². The van der Waals surface area contributed by atoms with Crippen LogP contribution in [0, 0.1) is 11.8 Å². The van der Waals surface area contributed by atoms with Crippen LogP contribution in [0.15, 0.2) is 0 Å². The van der Waals surface area contributed by atoms with Crippen molar-refractivity contribution in [1.82, 2.24) is 9.80 Å². The third kappa shape index (κ3) is 1.76. The summed E-state index contributed by atoms with van der Waals surface area (Å²) < 4.78 is 0. The van der Waals surface area contributed by atoms with Crippen LogP contribution in [0.3, 0.4) is 0 Å².